The molecule has 0 nitrogen and oxygen atoms in total. The third-order valence-electron chi connectivity index (χ3n) is 1.85. The fourth-order valence-corrected chi connectivity index (χ4v) is 1.18. The summed E-state index contributed by atoms with van der Waals surface area (Å²) in [5.74, 6) is -0.896. The van der Waals surface area contributed by atoms with Crippen LogP contribution in [0.3, 0.4) is 0 Å². The first-order chi connectivity index (χ1) is 5.65. The molecule has 0 aliphatic carbocycles. The van der Waals surface area contributed by atoms with Crippen molar-refractivity contribution in [3.8, 4) is 0 Å². The average molecular weight is 170 g/mol. The molecule has 0 fully saturated rings. The molecule has 66 valence electrons. The summed E-state index contributed by atoms with van der Waals surface area (Å²) in [7, 11) is 0. The SMILES string of the molecule is CCCc1cc(C)c(F)cc1F. The Morgan fingerprint density at radius 1 is 1.17 bits per heavy atom. The van der Waals surface area contributed by atoms with Crippen molar-refractivity contribution >= 4 is 0 Å². The second-order valence-corrected chi connectivity index (χ2v) is 2.94. The highest BCUT2D eigenvalue weighted by molar-refractivity contribution is 5.25. The molecule has 0 N–H and O–H groups in total. The maximum Gasteiger partial charge on any atom is 0.129 e. The van der Waals surface area contributed by atoms with Gasteiger partial charge in [-0.2, -0.15) is 0 Å². The van der Waals surface area contributed by atoms with Gasteiger partial charge in [-0.05, 0) is 24.5 Å². The van der Waals surface area contributed by atoms with Gasteiger partial charge in [0.2, 0.25) is 0 Å². The van der Waals surface area contributed by atoms with Crippen LogP contribution in [0.15, 0.2) is 12.1 Å². The monoisotopic (exact) mass is 170 g/mol. The van der Waals surface area contributed by atoms with E-state index >= 15 is 0 Å². The molecule has 0 bridgehead atoms. The van der Waals surface area contributed by atoms with E-state index in [1.807, 2.05) is 6.92 Å². The molecule has 0 radical (unpaired) electrons. The van der Waals surface area contributed by atoms with Crippen molar-refractivity contribution < 1.29 is 8.78 Å². The standard InChI is InChI=1S/C10H12F2/c1-3-4-8-5-7(2)9(11)6-10(8)12/h5-6H,3-4H2,1-2H3. The van der Waals surface area contributed by atoms with E-state index in [0.717, 1.165) is 12.5 Å². The van der Waals surface area contributed by atoms with E-state index in [2.05, 4.69) is 0 Å². The second-order valence-electron chi connectivity index (χ2n) is 2.94. The lowest BCUT2D eigenvalue weighted by Gasteiger charge is -2.03. The smallest absolute Gasteiger partial charge is 0.129 e. The average Bonchev–Trinajstić information content (AvgIpc) is 2.01. The van der Waals surface area contributed by atoms with Gasteiger partial charge in [-0.3, -0.25) is 0 Å². The fraction of sp³-hybridized carbons (Fsp3) is 0.400. The molecule has 0 spiro atoms. The molecule has 0 saturated carbocycles. The molecule has 0 atom stereocenters. The van der Waals surface area contributed by atoms with Gasteiger partial charge in [0.15, 0.2) is 0 Å². The Morgan fingerprint density at radius 2 is 1.83 bits per heavy atom. The van der Waals surface area contributed by atoms with Gasteiger partial charge in [0.25, 0.3) is 0 Å². The van der Waals surface area contributed by atoms with Crippen LogP contribution in [0.5, 0.6) is 0 Å². The zero-order valence-corrected chi connectivity index (χ0v) is 7.32. The van der Waals surface area contributed by atoms with Gasteiger partial charge in [-0.15, -0.1) is 0 Å². The van der Waals surface area contributed by atoms with Crippen molar-refractivity contribution in [3.63, 3.8) is 0 Å². The van der Waals surface area contributed by atoms with Crippen molar-refractivity contribution in [3.05, 3.63) is 34.9 Å². The third kappa shape index (κ3) is 1.81. The van der Waals surface area contributed by atoms with E-state index in [-0.39, 0.29) is 0 Å². The van der Waals surface area contributed by atoms with E-state index in [0.29, 0.717) is 17.5 Å². The summed E-state index contributed by atoms with van der Waals surface area (Å²) in [5.41, 5.74) is 1.12. The van der Waals surface area contributed by atoms with Gasteiger partial charge in [-0.25, -0.2) is 8.78 Å². The molecule has 12 heavy (non-hydrogen) atoms. The molecular weight excluding hydrogens is 158 g/mol. The normalized spacial score (nSPS) is 10.3. The minimum absolute atomic E-state index is 0.431. The lowest BCUT2D eigenvalue weighted by atomic mass is 10.1. The van der Waals surface area contributed by atoms with Crippen molar-refractivity contribution in [1.29, 1.82) is 0 Å². The molecule has 0 amide bonds. The largest absolute Gasteiger partial charge is 0.207 e. The minimum atomic E-state index is -0.465. The predicted molar refractivity (Wildman–Crippen MR) is 45.1 cm³/mol. The van der Waals surface area contributed by atoms with Crippen LogP contribution in [-0.4, -0.2) is 0 Å². The van der Waals surface area contributed by atoms with Gasteiger partial charge < -0.3 is 0 Å². The van der Waals surface area contributed by atoms with Crippen LogP contribution in [0, 0.1) is 18.6 Å². The number of aryl methyl sites for hydroxylation is 2. The van der Waals surface area contributed by atoms with Gasteiger partial charge in [0.1, 0.15) is 11.6 Å². The summed E-state index contributed by atoms with van der Waals surface area (Å²) in [6, 6.07) is 2.54. The Labute approximate surface area is 71.2 Å². The first-order valence-corrected chi connectivity index (χ1v) is 4.09. The van der Waals surface area contributed by atoms with E-state index in [1.54, 1.807) is 13.0 Å². The number of hydrogen-bond acceptors (Lipinski definition) is 0. The topological polar surface area (TPSA) is 0 Å². The van der Waals surface area contributed by atoms with Gasteiger partial charge in [-0.1, -0.05) is 19.4 Å². The van der Waals surface area contributed by atoms with Crippen molar-refractivity contribution in [2.75, 3.05) is 0 Å². The van der Waals surface area contributed by atoms with Gasteiger partial charge in [0, 0.05) is 6.07 Å². The summed E-state index contributed by atoms with van der Waals surface area (Å²) in [6.45, 7) is 3.62. The van der Waals surface area contributed by atoms with Crippen LogP contribution < -0.4 is 0 Å². The lowest BCUT2D eigenvalue weighted by molar-refractivity contribution is 0.565. The van der Waals surface area contributed by atoms with Crippen LogP contribution in [0.2, 0.25) is 0 Å². The zero-order valence-electron chi connectivity index (χ0n) is 7.32. The van der Waals surface area contributed by atoms with Crippen LogP contribution in [0.1, 0.15) is 24.5 Å². The van der Waals surface area contributed by atoms with E-state index in [1.165, 1.54) is 0 Å². The Hall–Kier alpha value is -0.920. The van der Waals surface area contributed by atoms with Crippen LogP contribution in [0.25, 0.3) is 0 Å². The van der Waals surface area contributed by atoms with Crippen LogP contribution in [0.4, 0.5) is 8.78 Å². The molecule has 0 aromatic heterocycles. The Kier molecular flexibility index (Phi) is 2.79. The molecule has 0 aliphatic rings. The maximum atomic E-state index is 13.0. The summed E-state index contributed by atoms with van der Waals surface area (Å²) < 4.78 is 25.7. The van der Waals surface area contributed by atoms with Crippen LogP contribution in [-0.2, 0) is 6.42 Å². The van der Waals surface area contributed by atoms with Crippen molar-refractivity contribution in [1.82, 2.24) is 0 Å². The van der Waals surface area contributed by atoms with Gasteiger partial charge >= 0.3 is 0 Å². The summed E-state index contributed by atoms with van der Waals surface area (Å²) in [4.78, 5) is 0. The lowest BCUT2D eigenvalue weighted by Crippen LogP contribution is -1.93. The Balaban J connectivity index is 3.05. The number of benzene rings is 1. The van der Waals surface area contributed by atoms with E-state index in [4.69, 9.17) is 0 Å². The summed E-state index contributed by atoms with van der Waals surface area (Å²) in [6.07, 6.45) is 1.55. The minimum Gasteiger partial charge on any atom is -0.207 e. The highest BCUT2D eigenvalue weighted by Crippen LogP contribution is 2.15. The maximum absolute atomic E-state index is 13.0. The molecule has 2 heteroatoms. The van der Waals surface area contributed by atoms with Crippen LogP contribution >= 0.6 is 0 Å². The first kappa shape index (κ1) is 9.17. The zero-order chi connectivity index (χ0) is 9.14. The predicted octanol–water partition coefficient (Wildman–Crippen LogP) is 3.23. The Bertz CT molecular complexity index is 279. The first-order valence-electron chi connectivity index (χ1n) is 4.09. The van der Waals surface area contributed by atoms with Crippen molar-refractivity contribution in [2.45, 2.75) is 26.7 Å². The Morgan fingerprint density at radius 3 is 2.42 bits per heavy atom. The van der Waals surface area contributed by atoms with E-state index < -0.39 is 11.6 Å². The number of rotatable bonds is 2. The second kappa shape index (κ2) is 3.65. The highest BCUT2D eigenvalue weighted by atomic mass is 19.1. The number of hydrogen-bond donors (Lipinski definition) is 0. The molecule has 0 aliphatic heterocycles. The van der Waals surface area contributed by atoms with Crippen molar-refractivity contribution in [2.24, 2.45) is 0 Å². The molecule has 1 aromatic carbocycles. The quantitative estimate of drug-likeness (QED) is 0.639. The van der Waals surface area contributed by atoms with Gasteiger partial charge in [0.05, 0.1) is 0 Å². The van der Waals surface area contributed by atoms with E-state index in [9.17, 15) is 8.78 Å². The highest BCUT2D eigenvalue weighted by Gasteiger charge is 2.05. The molecule has 1 aromatic rings. The molecule has 0 heterocycles. The summed E-state index contributed by atoms with van der Waals surface area (Å²) >= 11 is 0. The molecule has 0 saturated heterocycles. The summed E-state index contributed by atoms with van der Waals surface area (Å²) in [5, 5.41) is 0. The number of halogens is 2. The fourth-order valence-electron chi connectivity index (χ4n) is 1.18. The third-order valence-corrected chi connectivity index (χ3v) is 1.85. The molecule has 0 unspecified atom stereocenters. The molecule has 1 rings (SSSR count). The molecular formula is C10H12F2.